The molecule has 7 heteroatoms. The quantitative estimate of drug-likeness (QED) is 0.812. The monoisotopic (exact) mass is 348 g/mol. The van der Waals surface area contributed by atoms with Gasteiger partial charge in [-0.1, -0.05) is 0 Å². The van der Waals surface area contributed by atoms with Crippen molar-refractivity contribution in [2.45, 2.75) is 52.0 Å². The first-order valence-corrected chi connectivity index (χ1v) is 9.49. The molecule has 2 N–H and O–H groups in total. The Morgan fingerprint density at radius 3 is 1.96 bits per heavy atom. The normalized spacial score (nSPS) is 18.1. The fraction of sp³-hybridized carbons (Fsp3) is 0.706. The number of hydrogen-bond acceptors (Lipinski definition) is 5. The van der Waals surface area contributed by atoms with Crippen molar-refractivity contribution in [1.29, 1.82) is 0 Å². The molecule has 2 saturated heterocycles. The van der Waals surface area contributed by atoms with Crippen LogP contribution in [-0.4, -0.2) is 47.3 Å². The van der Waals surface area contributed by atoms with Gasteiger partial charge in [0.15, 0.2) is 5.11 Å². The van der Waals surface area contributed by atoms with Crippen LogP contribution in [0.1, 0.15) is 46.0 Å². The van der Waals surface area contributed by atoms with E-state index in [0.29, 0.717) is 11.1 Å². The average Bonchev–Trinajstić information content (AvgIpc) is 3.09. The number of piperidine rings is 1. The van der Waals surface area contributed by atoms with Crippen LogP contribution >= 0.6 is 12.2 Å². The predicted octanol–water partition coefficient (Wildman–Crippen LogP) is 2.76. The zero-order chi connectivity index (χ0) is 16.9. The third-order valence-corrected chi connectivity index (χ3v) is 4.67. The van der Waals surface area contributed by atoms with Gasteiger partial charge in [-0.3, -0.25) is 0 Å². The molecule has 0 atom stereocenters. The summed E-state index contributed by atoms with van der Waals surface area (Å²) in [5.41, 5.74) is 0. The second-order valence-electron chi connectivity index (χ2n) is 6.90. The Morgan fingerprint density at radius 2 is 1.46 bits per heavy atom. The summed E-state index contributed by atoms with van der Waals surface area (Å²) in [6.07, 6.45) is 6.25. The molecular formula is C17H28N6S. The lowest BCUT2D eigenvalue weighted by molar-refractivity contribution is 0.573. The summed E-state index contributed by atoms with van der Waals surface area (Å²) in [4.78, 5) is 14.1. The van der Waals surface area contributed by atoms with Gasteiger partial charge in [-0.15, -0.1) is 0 Å². The zero-order valence-electron chi connectivity index (χ0n) is 14.7. The first-order chi connectivity index (χ1) is 11.6. The van der Waals surface area contributed by atoms with Gasteiger partial charge < -0.3 is 20.4 Å². The van der Waals surface area contributed by atoms with E-state index in [0.717, 1.165) is 37.8 Å². The number of rotatable bonds is 4. The van der Waals surface area contributed by atoms with Crippen molar-refractivity contribution in [2.75, 3.05) is 41.3 Å². The summed E-state index contributed by atoms with van der Waals surface area (Å²) < 4.78 is 0. The molecule has 1 aromatic heterocycles. The highest BCUT2D eigenvalue weighted by molar-refractivity contribution is 7.80. The summed E-state index contributed by atoms with van der Waals surface area (Å²) in [6.45, 7) is 8.42. The van der Waals surface area contributed by atoms with E-state index in [1.54, 1.807) is 0 Å². The van der Waals surface area contributed by atoms with Gasteiger partial charge in [0.1, 0.15) is 11.6 Å². The molecule has 3 heterocycles. The maximum absolute atomic E-state index is 5.36. The first-order valence-electron chi connectivity index (χ1n) is 9.08. The van der Waals surface area contributed by atoms with Crippen LogP contribution in [0.5, 0.6) is 0 Å². The molecule has 24 heavy (non-hydrogen) atoms. The van der Waals surface area contributed by atoms with E-state index in [2.05, 4.69) is 40.3 Å². The Bertz CT molecular complexity index is 564. The zero-order valence-corrected chi connectivity index (χ0v) is 15.5. The molecule has 2 fully saturated rings. The van der Waals surface area contributed by atoms with E-state index in [9.17, 15) is 0 Å². The molecule has 1 aromatic rings. The van der Waals surface area contributed by atoms with Crippen molar-refractivity contribution in [2.24, 2.45) is 0 Å². The Morgan fingerprint density at radius 1 is 0.958 bits per heavy atom. The van der Waals surface area contributed by atoms with E-state index in [1.807, 2.05) is 0 Å². The van der Waals surface area contributed by atoms with Crippen LogP contribution in [0.3, 0.4) is 0 Å². The Kier molecular flexibility index (Phi) is 5.71. The van der Waals surface area contributed by atoms with Crippen LogP contribution in [-0.2, 0) is 0 Å². The lowest BCUT2D eigenvalue weighted by Gasteiger charge is -2.29. The molecular weight excluding hydrogens is 320 g/mol. The summed E-state index contributed by atoms with van der Waals surface area (Å²) in [5.74, 6) is 2.62. The van der Waals surface area contributed by atoms with Crippen LogP contribution in [0.2, 0.25) is 0 Å². The fourth-order valence-electron chi connectivity index (χ4n) is 3.27. The van der Waals surface area contributed by atoms with Crippen LogP contribution in [0.25, 0.3) is 0 Å². The number of aromatic nitrogens is 2. The maximum Gasteiger partial charge on any atom is 0.232 e. The third kappa shape index (κ3) is 4.47. The molecule has 2 aliphatic rings. The molecule has 0 aliphatic carbocycles. The summed E-state index contributed by atoms with van der Waals surface area (Å²) in [5, 5.41) is 6.93. The molecule has 132 valence electrons. The maximum atomic E-state index is 5.36. The van der Waals surface area contributed by atoms with Crippen LogP contribution in [0.4, 0.5) is 17.6 Å². The van der Waals surface area contributed by atoms with Crippen LogP contribution in [0, 0.1) is 0 Å². The van der Waals surface area contributed by atoms with Gasteiger partial charge in [0.25, 0.3) is 0 Å². The van der Waals surface area contributed by atoms with Gasteiger partial charge in [-0.05, 0) is 58.2 Å². The van der Waals surface area contributed by atoms with E-state index >= 15 is 0 Å². The van der Waals surface area contributed by atoms with Crippen molar-refractivity contribution in [3.8, 4) is 0 Å². The van der Waals surface area contributed by atoms with Crippen LogP contribution < -0.4 is 20.4 Å². The van der Waals surface area contributed by atoms with Crippen molar-refractivity contribution in [3.05, 3.63) is 6.07 Å². The van der Waals surface area contributed by atoms with Crippen molar-refractivity contribution >= 4 is 34.9 Å². The summed E-state index contributed by atoms with van der Waals surface area (Å²) in [6, 6.07) is 2.43. The van der Waals surface area contributed by atoms with E-state index in [-0.39, 0.29) is 6.04 Å². The molecule has 6 nitrogen and oxygen atoms in total. The largest absolute Gasteiger partial charge is 0.360 e. The number of nitrogens with one attached hydrogen (secondary N) is 2. The summed E-state index contributed by atoms with van der Waals surface area (Å²) in [7, 11) is 0. The second kappa shape index (κ2) is 7.96. The van der Waals surface area contributed by atoms with Gasteiger partial charge in [0, 0.05) is 38.3 Å². The smallest absolute Gasteiger partial charge is 0.232 e. The predicted molar refractivity (Wildman–Crippen MR) is 104 cm³/mol. The minimum atomic E-state index is 0.285. The number of anilines is 3. The first kappa shape index (κ1) is 17.2. The lowest BCUT2D eigenvalue weighted by Crippen LogP contribution is -2.35. The van der Waals surface area contributed by atoms with Gasteiger partial charge in [0.05, 0.1) is 0 Å². The molecule has 2 aliphatic heterocycles. The van der Waals surface area contributed by atoms with E-state index < -0.39 is 0 Å². The Hall–Kier alpha value is -1.63. The van der Waals surface area contributed by atoms with Gasteiger partial charge in [-0.2, -0.15) is 9.97 Å². The molecule has 0 aromatic carbocycles. The summed E-state index contributed by atoms with van der Waals surface area (Å²) >= 11 is 5.36. The minimum Gasteiger partial charge on any atom is -0.360 e. The number of nitrogens with zero attached hydrogens (tertiary/aromatic N) is 4. The second-order valence-corrected chi connectivity index (χ2v) is 7.31. The molecule has 0 spiro atoms. The average molecular weight is 349 g/mol. The van der Waals surface area contributed by atoms with Crippen LogP contribution in [0.15, 0.2) is 6.07 Å². The molecule has 0 bridgehead atoms. The van der Waals surface area contributed by atoms with E-state index in [4.69, 9.17) is 22.2 Å². The number of thiocarbonyl (C=S) groups is 1. The fourth-order valence-corrected chi connectivity index (χ4v) is 3.60. The molecule has 0 amide bonds. The highest BCUT2D eigenvalue weighted by atomic mass is 32.1. The van der Waals surface area contributed by atoms with Gasteiger partial charge in [0.2, 0.25) is 5.95 Å². The minimum absolute atomic E-state index is 0.285. The highest BCUT2D eigenvalue weighted by Crippen LogP contribution is 2.26. The third-order valence-electron chi connectivity index (χ3n) is 4.45. The lowest BCUT2D eigenvalue weighted by atomic mass is 10.1. The molecule has 3 rings (SSSR count). The molecule has 0 saturated carbocycles. The number of hydrogen-bond donors (Lipinski definition) is 2. The SMILES string of the molecule is CC(C)NC(=S)Nc1nc(N2CCCCC2)cc(N2CCCC2)n1. The highest BCUT2D eigenvalue weighted by Gasteiger charge is 2.19. The van der Waals surface area contributed by atoms with Gasteiger partial charge >= 0.3 is 0 Å². The Balaban J connectivity index is 1.82. The topological polar surface area (TPSA) is 56.3 Å². The van der Waals surface area contributed by atoms with E-state index in [1.165, 1.54) is 32.1 Å². The van der Waals surface area contributed by atoms with Crippen molar-refractivity contribution < 1.29 is 0 Å². The van der Waals surface area contributed by atoms with Crippen molar-refractivity contribution in [1.82, 2.24) is 15.3 Å². The van der Waals surface area contributed by atoms with Crippen molar-refractivity contribution in [3.63, 3.8) is 0 Å². The van der Waals surface area contributed by atoms with Gasteiger partial charge in [-0.25, -0.2) is 0 Å². The Labute approximate surface area is 150 Å². The standard InChI is InChI=1S/C17H28N6S/c1-13(2)18-17(24)21-16-19-14(22-8-4-3-5-9-22)12-15(20-16)23-10-6-7-11-23/h12-13H,3-11H2,1-2H3,(H2,18,19,20,21,24). The molecule has 0 unspecified atom stereocenters. The molecule has 0 radical (unpaired) electrons.